The Bertz CT molecular complexity index is 660. The van der Waals surface area contributed by atoms with Crippen molar-refractivity contribution in [3.05, 3.63) is 35.4 Å². The standard InChI is InChI=1S/C23H36N4O.HI/c1-2-24-23(26-21-15-20-11-12-22(21)28-20)25-16-18-9-5-6-10-19(18)17-27-13-7-3-4-8-14-27;/h5-6,9-10,20-22H,2-4,7-8,11-17H2,1H3,(H2,24,25,26);1H. The van der Waals surface area contributed by atoms with Gasteiger partial charge in [0.2, 0.25) is 0 Å². The van der Waals surface area contributed by atoms with Crippen molar-refractivity contribution in [2.24, 2.45) is 4.99 Å². The van der Waals surface area contributed by atoms with Gasteiger partial charge in [-0.2, -0.15) is 0 Å². The van der Waals surface area contributed by atoms with Crippen molar-refractivity contribution >= 4 is 29.9 Å². The predicted molar refractivity (Wildman–Crippen MR) is 130 cm³/mol. The Hall–Kier alpha value is -0.860. The number of aliphatic imine (C=N–C) groups is 1. The molecule has 5 nitrogen and oxygen atoms in total. The van der Waals surface area contributed by atoms with E-state index in [1.807, 2.05) is 0 Å². The summed E-state index contributed by atoms with van der Waals surface area (Å²) in [4.78, 5) is 7.54. The van der Waals surface area contributed by atoms with E-state index in [0.717, 1.165) is 32.0 Å². The molecule has 2 bridgehead atoms. The summed E-state index contributed by atoms with van der Waals surface area (Å²) in [5, 5.41) is 7.05. The van der Waals surface area contributed by atoms with E-state index in [2.05, 4.69) is 46.7 Å². The number of fused-ring (bicyclic) bond motifs is 2. The molecule has 3 heterocycles. The van der Waals surface area contributed by atoms with E-state index in [-0.39, 0.29) is 24.0 Å². The summed E-state index contributed by atoms with van der Waals surface area (Å²) in [5.74, 6) is 0.924. The molecule has 3 atom stereocenters. The number of ether oxygens (including phenoxy) is 1. The molecule has 3 aliphatic rings. The maximum Gasteiger partial charge on any atom is 0.191 e. The van der Waals surface area contributed by atoms with E-state index in [1.54, 1.807) is 0 Å². The predicted octanol–water partition coefficient (Wildman–Crippen LogP) is 4.06. The van der Waals surface area contributed by atoms with Gasteiger partial charge in [-0.05, 0) is 63.2 Å². The largest absolute Gasteiger partial charge is 0.373 e. The SMILES string of the molecule is CCNC(=NCc1ccccc1CN1CCCCCC1)NC1CC2CCC1O2.I. The first-order valence-corrected chi connectivity index (χ1v) is 11.3. The Kier molecular flexibility index (Phi) is 9.06. The molecule has 1 aromatic rings. The number of hydrogen-bond acceptors (Lipinski definition) is 3. The lowest BCUT2D eigenvalue weighted by atomic mass is 9.96. The van der Waals surface area contributed by atoms with E-state index in [4.69, 9.17) is 9.73 Å². The first-order chi connectivity index (χ1) is 13.8. The molecule has 0 radical (unpaired) electrons. The maximum atomic E-state index is 5.99. The van der Waals surface area contributed by atoms with Crippen LogP contribution in [0.1, 0.15) is 63.0 Å². The lowest BCUT2D eigenvalue weighted by molar-refractivity contribution is 0.0992. The van der Waals surface area contributed by atoms with Gasteiger partial charge in [-0.25, -0.2) is 4.99 Å². The number of nitrogens with one attached hydrogen (secondary N) is 2. The summed E-state index contributed by atoms with van der Waals surface area (Å²) < 4.78 is 5.99. The first-order valence-electron chi connectivity index (χ1n) is 11.3. The zero-order valence-corrected chi connectivity index (χ0v) is 20.1. The molecule has 0 aliphatic carbocycles. The zero-order valence-electron chi connectivity index (χ0n) is 17.7. The highest BCUT2D eigenvalue weighted by Gasteiger charge is 2.41. The van der Waals surface area contributed by atoms with E-state index in [9.17, 15) is 0 Å². The summed E-state index contributed by atoms with van der Waals surface area (Å²) in [6.45, 7) is 7.24. The van der Waals surface area contributed by atoms with Gasteiger partial charge in [0.25, 0.3) is 0 Å². The van der Waals surface area contributed by atoms with Crippen LogP contribution in [0.4, 0.5) is 0 Å². The van der Waals surface area contributed by atoms with Gasteiger partial charge in [0.1, 0.15) is 0 Å². The number of guanidine groups is 1. The summed E-state index contributed by atoms with van der Waals surface area (Å²) in [5.41, 5.74) is 2.76. The van der Waals surface area contributed by atoms with Crippen molar-refractivity contribution in [2.45, 2.75) is 83.2 Å². The number of halogens is 1. The van der Waals surface area contributed by atoms with Gasteiger partial charge >= 0.3 is 0 Å². The fourth-order valence-electron chi connectivity index (χ4n) is 4.85. The Morgan fingerprint density at radius 2 is 1.86 bits per heavy atom. The molecule has 3 unspecified atom stereocenters. The third-order valence-corrected chi connectivity index (χ3v) is 6.39. The van der Waals surface area contributed by atoms with Crippen LogP contribution in [0.25, 0.3) is 0 Å². The van der Waals surface area contributed by atoms with Crippen LogP contribution in [-0.4, -0.2) is 48.7 Å². The zero-order chi connectivity index (χ0) is 19.2. The molecule has 2 N–H and O–H groups in total. The van der Waals surface area contributed by atoms with Gasteiger partial charge < -0.3 is 15.4 Å². The summed E-state index contributed by atoms with van der Waals surface area (Å²) in [6, 6.07) is 9.22. The normalized spacial score (nSPS) is 27.3. The molecule has 162 valence electrons. The fraction of sp³-hybridized carbons (Fsp3) is 0.696. The van der Waals surface area contributed by atoms with Crippen molar-refractivity contribution in [1.82, 2.24) is 15.5 Å². The molecule has 0 aromatic heterocycles. The topological polar surface area (TPSA) is 48.9 Å². The molecule has 3 fully saturated rings. The van der Waals surface area contributed by atoms with E-state index < -0.39 is 0 Å². The summed E-state index contributed by atoms with van der Waals surface area (Å²) in [6.07, 6.45) is 9.77. The second kappa shape index (κ2) is 11.5. The van der Waals surface area contributed by atoms with Gasteiger partial charge in [-0.1, -0.05) is 37.1 Å². The molecule has 4 rings (SSSR count). The average Bonchev–Trinajstić information content (AvgIpc) is 3.23. The lowest BCUT2D eigenvalue weighted by Gasteiger charge is -2.23. The van der Waals surface area contributed by atoms with Gasteiger partial charge in [-0.15, -0.1) is 24.0 Å². The van der Waals surface area contributed by atoms with Gasteiger partial charge in [-0.3, -0.25) is 4.90 Å². The highest BCUT2D eigenvalue weighted by atomic mass is 127. The fourth-order valence-corrected chi connectivity index (χ4v) is 4.85. The van der Waals surface area contributed by atoms with Crippen LogP contribution < -0.4 is 10.6 Å². The van der Waals surface area contributed by atoms with Crippen molar-refractivity contribution in [3.8, 4) is 0 Å². The molecule has 6 heteroatoms. The average molecular weight is 512 g/mol. The molecule has 3 aliphatic heterocycles. The van der Waals surface area contributed by atoms with E-state index in [1.165, 1.54) is 62.7 Å². The van der Waals surface area contributed by atoms with Gasteiger partial charge in [0, 0.05) is 13.1 Å². The summed E-state index contributed by atoms with van der Waals surface area (Å²) >= 11 is 0. The minimum absolute atomic E-state index is 0. The Labute approximate surface area is 193 Å². The van der Waals surface area contributed by atoms with Crippen molar-refractivity contribution < 1.29 is 4.74 Å². The third kappa shape index (κ3) is 6.31. The van der Waals surface area contributed by atoms with Crippen LogP contribution in [0.2, 0.25) is 0 Å². The van der Waals surface area contributed by atoms with Gasteiger partial charge in [0.15, 0.2) is 5.96 Å². The van der Waals surface area contributed by atoms with Crippen molar-refractivity contribution in [2.75, 3.05) is 19.6 Å². The Morgan fingerprint density at radius 1 is 1.10 bits per heavy atom. The Morgan fingerprint density at radius 3 is 2.52 bits per heavy atom. The monoisotopic (exact) mass is 512 g/mol. The highest BCUT2D eigenvalue weighted by molar-refractivity contribution is 14.0. The van der Waals surface area contributed by atoms with Crippen molar-refractivity contribution in [3.63, 3.8) is 0 Å². The molecular weight excluding hydrogens is 475 g/mol. The quantitative estimate of drug-likeness (QED) is 0.343. The molecule has 0 amide bonds. The lowest BCUT2D eigenvalue weighted by Crippen LogP contribution is -2.47. The van der Waals surface area contributed by atoms with Crippen LogP contribution in [0.5, 0.6) is 0 Å². The maximum absolute atomic E-state index is 5.99. The highest BCUT2D eigenvalue weighted by Crippen LogP contribution is 2.34. The number of likely N-dealkylation sites (tertiary alicyclic amines) is 1. The number of benzene rings is 1. The Balaban J connectivity index is 0.00000240. The van der Waals surface area contributed by atoms with Crippen LogP contribution in [0.3, 0.4) is 0 Å². The van der Waals surface area contributed by atoms with E-state index in [0.29, 0.717) is 18.2 Å². The molecule has 0 saturated carbocycles. The van der Waals surface area contributed by atoms with E-state index >= 15 is 0 Å². The molecule has 29 heavy (non-hydrogen) atoms. The smallest absolute Gasteiger partial charge is 0.191 e. The number of nitrogens with zero attached hydrogens (tertiary/aromatic N) is 2. The first kappa shape index (κ1) is 22.8. The molecule has 0 spiro atoms. The third-order valence-electron chi connectivity index (χ3n) is 6.39. The number of rotatable bonds is 6. The summed E-state index contributed by atoms with van der Waals surface area (Å²) in [7, 11) is 0. The molecular formula is C23H37IN4O. The van der Waals surface area contributed by atoms with Crippen LogP contribution in [0.15, 0.2) is 29.3 Å². The van der Waals surface area contributed by atoms with Crippen LogP contribution >= 0.6 is 24.0 Å². The second-order valence-corrected chi connectivity index (χ2v) is 8.51. The van der Waals surface area contributed by atoms with Crippen LogP contribution in [0, 0.1) is 0 Å². The minimum Gasteiger partial charge on any atom is -0.373 e. The minimum atomic E-state index is 0. The number of hydrogen-bond donors (Lipinski definition) is 2. The van der Waals surface area contributed by atoms with Crippen LogP contribution in [-0.2, 0) is 17.8 Å². The van der Waals surface area contributed by atoms with Gasteiger partial charge in [0.05, 0.1) is 24.8 Å². The van der Waals surface area contributed by atoms with Crippen molar-refractivity contribution in [1.29, 1.82) is 0 Å². The molecule has 1 aromatic carbocycles. The molecule has 3 saturated heterocycles. The second-order valence-electron chi connectivity index (χ2n) is 8.51.